The maximum absolute atomic E-state index is 12.0. The number of para-hydroxylation sites is 1. The fourth-order valence-corrected chi connectivity index (χ4v) is 1.95. The van der Waals surface area contributed by atoms with Crippen LogP contribution in [0.2, 0.25) is 0 Å². The number of hydrogen-bond donors (Lipinski definition) is 0. The Balaban J connectivity index is 2.92. The summed E-state index contributed by atoms with van der Waals surface area (Å²) in [6.45, 7) is 6.11. The topological polar surface area (TPSA) is 61.8 Å². The molecular weight excluding hydrogens is 284 g/mol. The van der Waals surface area contributed by atoms with E-state index in [0.29, 0.717) is 24.3 Å². The van der Waals surface area contributed by atoms with Crippen LogP contribution in [0.15, 0.2) is 24.3 Å². The van der Waals surface area contributed by atoms with Gasteiger partial charge in [0.05, 0.1) is 13.2 Å². The molecule has 122 valence electrons. The zero-order valence-electron chi connectivity index (χ0n) is 13.5. The van der Waals surface area contributed by atoms with Crippen molar-refractivity contribution in [2.24, 2.45) is 0 Å². The summed E-state index contributed by atoms with van der Waals surface area (Å²) in [7, 11) is 0. The Morgan fingerprint density at radius 2 is 1.73 bits per heavy atom. The van der Waals surface area contributed by atoms with Crippen molar-refractivity contribution >= 4 is 11.9 Å². The van der Waals surface area contributed by atoms with Crippen LogP contribution in [0.5, 0.6) is 5.75 Å². The molecule has 0 N–H and O–H groups in total. The first-order valence-corrected chi connectivity index (χ1v) is 7.73. The lowest BCUT2D eigenvalue weighted by atomic mass is 10.1. The summed E-state index contributed by atoms with van der Waals surface area (Å²) < 4.78 is 15.8. The highest BCUT2D eigenvalue weighted by Gasteiger charge is 2.24. The highest BCUT2D eigenvalue weighted by Crippen LogP contribution is 2.22. The van der Waals surface area contributed by atoms with Gasteiger partial charge in [-0.1, -0.05) is 25.5 Å². The molecule has 0 amide bonds. The molecule has 1 rings (SSSR count). The van der Waals surface area contributed by atoms with Crippen LogP contribution in [0.25, 0.3) is 0 Å². The van der Waals surface area contributed by atoms with Gasteiger partial charge in [0, 0.05) is 0 Å². The molecule has 1 aromatic carbocycles. The maximum atomic E-state index is 12.0. The number of benzene rings is 1. The van der Waals surface area contributed by atoms with E-state index in [1.54, 1.807) is 38.1 Å². The molecule has 0 aliphatic rings. The van der Waals surface area contributed by atoms with Crippen molar-refractivity contribution < 1.29 is 23.8 Å². The minimum absolute atomic E-state index is 0.282. The summed E-state index contributed by atoms with van der Waals surface area (Å²) in [4.78, 5) is 23.9. The van der Waals surface area contributed by atoms with Crippen LogP contribution in [0.4, 0.5) is 0 Å². The fraction of sp³-hybridized carbons (Fsp3) is 0.529. The summed E-state index contributed by atoms with van der Waals surface area (Å²) >= 11 is 0. The van der Waals surface area contributed by atoms with Crippen LogP contribution < -0.4 is 4.74 Å². The Kier molecular flexibility index (Phi) is 8.04. The van der Waals surface area contributed by atoms with Crippen molar-refractivity contribution in [3.63, 3.8) is 0 Å². The molecule has 0 saturated carbocycles. The molecular formula is C17H24O5. The van der Waals surface area contributed by atoms with Gasteiger partial charge in [-0.3, -0.25) is 0 Å². The molecule has 0 spiro atoms. The second-order valence-corrected chi connectivity index (χ2v) is 4.72. The van der Waals surface area contributed by atoms with E-state index in [9.17, 15) is 9.59 Å². The summed E-state index contributed by atoms with van der Waals surface area (Å²) in [6, 6.07) is 6.75. The van der Waals surface area contributed by atoms with Crippen molar-refractivity contribution in [3.05, 3.63) is 29.8 Å². The lowest BCUT2D eigenvalue weighted by Gasteiger charge is -2.19. The number of rotatable bonds is 9. The second kappa shape index (κ2) is 9.82. The summed E-state index contributed by atoms with van der Waals surface area (Å²) in [5.74, 6) is -0.527. The molecule has 1 unspecified atom stereocenters. The molecule has 0 bridgehead atoms. The van der Waals surface area contributed by atoms with Gasteiger partial charge in [0.1, 0.15) is 11.3 Å². The quantitative estimate of drug-likeness (QED) is 0.655. The Morgan fingerprint density at radius 3 is 2.36 bits per heavy atom. The number of carbonyl (C=O) groups is 2. The van der Waals surface area contributed by atoms with Crippen LogP contribution in [0.1, 0.15) is 50.4 Å². The minimum Gasteiger partial charge on any atom is -0.478 e. The van der Waals surface area contributed by atoms with Gasteiger partial charge in [-0.25, -0.2) is 9.59 Å². The molecule has 5 nitrogen and oxygen atoms in total. The molecule has 1 aromatic rings. The lowest BCUT2D eigenvalue weighted by molar-refractivity contribution is -0.151. The van der Waals surface area contributed by atoms with Crippen LogP contribution in [-0.4, -0.2) is 31.3 Å². The number of hydrogen-bond acceptors (Lipinski definition) is 5. The third kappa shape index (κ3) is 5.39. The predicted octanol–water partition coefficient (Wildman–Crippen LogP) is 3.36. The van der Waals surface area contributed by atoms with Gasteiger partial charge in [0.25, 0.3) is 0 Å². The molecule has 0 saturated heterocycles. The smallest absolute Gasteiger partial charge is 0.347 e. The van der Waals surface area contributed by atoms with Crippen LogP contribution >= 0.6 is 0 Å². The molecule has 0 aliphatic heterocycles. The standard InChI is InChI=1S/C17H24O5/c1-4-7-11-15(17(19)21-6-3)22-14-12-9-8-10-13(14)16(18)20-5-2/h8-10,12,15H,4-7,11H2,1-3H3. The van der Waals surface area contributed by atoms with Gasteiger partial charge in [0.2, 0.25) is 0 Å². The highest BCUT2D eigenvalue weighted by atomic mass is 16.6. The van der Waals surface area contributed by atoms with Crippen molar-refractivity contribution in [3.8, 4) is 5.75 Å². The van der Waals surface area contributed by atoms with E-state index in [2.05, 4.69) is 0 Å². The molecule has 0 radical (unpaired) electrons. The molecule has 0 aliphatic carbocycles. The molecule has 0 heterocycles. The van der Waals surface area contributed by atoms with E-state index in [1.807, 2.05) is 6.92 Å². The maximum Gasteiger partial charge on any atom is 0.347 e. The number of unbranched alkanes of at least 4 members (excludes halogenated alkanes) is 1. The van der Waals surface area contributed by atoms with Crippen molar-refractivity contribution in [2.75, 3.05) is 13.2 Å². The number of carbonyl (C=O) groups excluding carboxylic acids is 2. The fourth-order valence-electron chi connectivity index (χ4n) is 1.95. The third-order valence-electron chi connectivity index (χ3n) is 3.02. The monoisotopic (exact) mass is 308 g/mol. The first kappa shape index (κ1) is 18.0. The molecule has 1 atom stereocenters. The SMILES string of the molecule is CCCCC(Oc1ccccc1C(=O)OCC)C(=O)OCC. The summed E-state index contributed by atoms with van der Waals surface area (Å²) in [5.41, 5.74) is 0.315. The van der Waals surface area contributed by atoms with Gasteiger partial charge >= 0.3 is 11.9 Å². The van der Waals surface area contributed by atoms with Crippen LogP contribution in [0.3, 0.4) is 0 Å². The van der Waals surface area contributed by atoms with E-state index in [1.165, 1.54) is 0 Å². The second-order valence-electron chi connectivity index (χ2n) is 4.72. The number of ether oxygens (including phenoxy) is 3. The van der Waals surface area contributed by atoms with Crippen LogP contribution in [-0.2, 0) is 14.3 Å². The van der Waals surface area contributed by atoms with E-state index in [0.717, 1.165) is 12.8 Å². The molecule has 0 fully saturated rings. The van der Waals surface area contributed by atoms with Crippen molar-refractivity contribution in [1.29, 1.82) is 0 Å². The molecule has 22 heavy (non-hydrogen) atoms. The van der Waals surface area contributed by atoms with Gasteiger partial charge in [0.15, 0.2) is 6.10 Å². The minimum atomic E-state index is -0.713. The van der Waals surface area contributed by atoms with Gasteiger partial charge in [-0.2, -0.15) is 0 Å². The van der Waals surface area contributed by atoms with Gasteiger partial charge < -0.3 is 14.2 Å². The first-order chi connectivity index (χ1) is 10.6. The molecule has 0 aromatic heterocycles. The zero-order valence-corrected chi connectivity index (χ0v) is 13.5. The van der Waals surface area contributed by atoms with E-state index >= 15 is 0 Å². The zero-order chi connectivity index (χ0) is 16.4. The Hall–Kier alpha value is -2.04. The average Bonchev–Trinajstić information content (AvgIpc) is 2.52. The van der Waals surface area contributed by atoms with Crippen LogP contribution in [0, 0.1) is 0 Å². The van der Waals surface area contributed by atoms with E-state index < -0.39 is 18.0 Å². The van der Waals surface area contributed by atoms with E-state index in [-0.39, 0.29) is 6.61 Å². The van der Waals surface area contributed by atoms with Crippen molar-refractivity contribution in [1.82, 2.24) is 0 Å². The summed E-state index contributed by atoms with van der Waals surface area (Å²) in [5, 5.41) is 0. The largest absolute Gasteiger partial charge is 0.478 e. The third-order valence-corrected chi connectivity index (χ3v) is 3.02. The lowest BCUT2D eigenvalue weighted by Crippen LogP contribution is -2.30. The van der Waals surface area contributed by atoms with Gasteiger partial charge in [-0.05, 0) is 38.8 Å². The normalized spacial score (nSPS) is 11.6. The van der Waals surface area contributed by atoms with Gasteiger partial charge in [-0.15, -0.1) is 0 Å². The Labute approximate surface area is 131 Å². The highest BCUT2D eigenvalue weighted by molar-refractivity contribution is 5.92. The molecule has 5 heteroatoms. The predicted molar refractivity (Wildman–Crippen MR) is 83.0 cm³/mol. The average molecular weight is 308 g/mol. The number of esters is 2. The van der Waals surface area contributed by atoms with Crippen molar-refractivity contribution in [2.45, 2.75) is 46.1 Å². The Bertz CT molecular complexity index is 484. The van der Waals surface area contributed by atoms with E-state index in [4.69, 9.17) is 14.2 Å². The Morgan fingerprint density at radius 1 is 1.05 bits per heavy atom. The first-order valence-electron chi connectivity index (χ1n) is 7.73. The summed E-state index contributed by atoms with van der Waals surface area (Å²) in [6.07, 6.45) is 1.62.